The number of thiocarbonyl (C=S) groups is 1. The van der Waals surface area contributed by atoms with Gasteiger partial charge in [0.05, 0.1) is 24.9 Å². The summed E-state index contributed by atoms with van der Waals surface area (Å²) < 4.78 is 20.4. The van der Waals surface area contributed by atoms with Gasteiger partial charge in [0.2, 0.25) is 0 Å². The van der Waals surface area contributed by atoms with E-state index in [0.717, 1.165) is 0 Å². The molecule has 0 aromatic heterocycles. The van der Waals surface area contributed by atoms with E-state index in [4.69, 9.17) is 42.8 Å². The smallest absolute Gasteiger partial charge is 0.419 e. The molecule has 0 saturated carbocycles. The molecule has 23 heavy (non-hydrogen) atoms. The summed E-state index contributed by atoms with van der Waals surface area (Å²) >= 11 is 11.3. The van der Waals surface area contributed by atoms with Crippen LogP contribution in [0.15, 0.2) is 18.2 Å². The SMILES string of the molecule is COC(=O)N(C(=S)CCC(OC)OC)c1ccc(Cl)cc1OC. The number of hydrogen-bond donors (Lipinski definition) is 0. The average Bonchev–Trinajstić information content (AvgIpc) is 2.56. The van der Waals surface area contributed by atoms with Gasteiger partial charge in [-0.1, -0.05) is 23.8 Å². The highest BCUT2D eigenvalue weighted by atomic mass is 35.5. The molecule has 8 heteroatoms. The van der Waals surface area contributed by atoms with Crippen molar-refractivity contribution in [2.75, 3.05) is 33.3 Å². The summed E-state index contributed by atoms with van der Waals surface area (Å²) in [6.07, 6.45) is -0.126. The molecule has 0 bridgehead atoms. The zero-order valence-corrected chi connectivity index (χ0v) is 15.1. The van der Waals surface area contributed by atoms with E-state index in [1.807, 2.05) is 0 Å². The molecule has 1 rings (SSSR count). The maximum Gasteiger partial charge on any atom is 0.419 e. The van der Waals surface area contributed by atoms with Crippen molar-refractivity contribution in [3.8, 4) is 5.75 Å². The maximum absolute atomic E-state index is 12.2. The van der Waals surface area contributed by atoms with Gasteiger partial charge < -0.3 is 18.9 Å². The summed E-state index contributed by atoms with van der Waals surface area (Å²) in [6, 6.07) is 4.89. The number of methoxy groups -OCH3 is 4. The minimum Gasteiger partial charge on any atom is -0.494 e. The van der Waals surface area contributed by atoms with Crippen molar-refractivity contribution in [2.24, 2.45) is 0 Å². The third-order valence-electron chi connectivity index (χ3n) is 3.11. The summed E-state index contributed by atoms with van der Waals surface area (Å²) in [4.78, 5) is 13.8. The Morgan fingerprint density at radius 1 is 1.26 bits per heavy atom. The van der Waals surface area contributed by atoms with Crippen LogP contribution < -0.4 is 9.64 Å². The molecule has 1 aromatic rings. The molecule has 0 spiro atoms. The van der Waals surface area contributed by atoms with Crippen LogP contribution in [0.4, 0.5) is 10.5 Å². The number of ether oxygens (including phenoxy) is 4. The minimum atomic E-state index is -0.609. The van der Waals surface area contributed by atoms with Crippen LogP contribution in [-0.2, 0) is 14.2 Å². The van der Waals surface area contributed by atoms with Gasteiger partial charge in [-0.25, -0.2) is 9.69 Å². The summed E-state index contributed by atoms with van der Waals surface area (Å²) in [5, 5.41) is 0.486. The summed E-state index contributed by atoms with van der Waals surface area (Å²) in [7, 11) is 5.85. The van der Waals surface area contributed by atoms with Crippen LogP contribution >= 0.6 is 23.8 Å². The van der Waals surface area contributed by atoms with Crippen molar-refractivity contribution in [2.45, 2.75) is 19.1 Å². The number of hydrogen-bond acceptors (Lipinski definition) is 6. The van der Waals surface area contributed by atoms with Gasteiger partial charge in [-0.05, 0) is 12.1 Å². The number of amides is 1. The lowest BCUT2D eigenvalue weighted by molar-refractivity contribution is -0.104. The van der Waals surface area contributed by atoms with Crippen LogP contribution in [0.25, 0.3) is 0 Å². The fourth-order valence-electron chi connectivity index (χ4n) is 1.95. The van der Waals surface area contributed by atoms with Gasteiger partial charge >= 0.3 is 6.09 Å². The molecule has 1 aromatic carbocycles. The molecule has 0 aliphatic rings. The molecule has 0 fully saturated rings. The number of benzene rings is 1. The first-order valence-electron chi connectivity index (χ1n) is 6.78. The first kappa shape index (κ1) is 19.6. The van der Waals surface area contributed by atoms with E-state index in [0.29, 0.717) is 34.3 Å². The van der Waals surface area contributed by atoms with Crippen molar-refractivity contribution in [1.82, 2.24) is 0 Å². The molecule has 0 aliphatic carbocycles. The Labute approximate surface area is 146 Å². The molecular weight excluding hydrogens is 342 g/mol. The van der Waals surface area contributed by atoms with Crippen LogP contribution in [0.2, 0.25) is 5.02 Å². The van der Waals surface area contributed by atoms with Crippen molar-refractivity contribution in [3.63, 3.8) is 0 Å². The Hall–Kier alpha value is -1.41. The number of nitrogens with zero attached hydrogens (tertiary/aromatic N) is 1. The molecule has 0 radical (unpaired) electrons. The van der Waals surface area contributed by atoms with Crippen molar-refractivity contribution >= 4 is 40.6 Å². The highest BCUT2D eigenvalue weighted by molar-refractivity contribution is 7.80. The summed E-state index contributed by atoms with van der Waals surface area (Å²) in [6.45, 7) is 0. The van der Waals surface area contributed by atoms with Crippen LogP contribution in [0, 0.1) is 0 Å². The van der Waals surface area contributed by atoms with Gasteiger partial charge in [0.25, 0.3) is 0 Å². The molecular formula is C15H20ClNO5S. The van der Waals surface area contributed by atoms with E-state index in [2.05, 4.69) is 0 Å². The standard InChI is InChI=1S/C15H20ClNO5S/c1-19-12-9-10(16)5-6-11(12)17(15(18)22-4)13(23)7-8-14(20-2)21-3/h5-6,9,14H,7-8H2,1-4H3. The van der Waals surface area contributed by atoms with Gasteiger partial charge in [-0.3, -0.25) is 0 Å². The van der Waals surface area contributed by atoms with E-state index >= 15 is 0 Å². The lowest BCUT2D eigenvalue weighted by atomic mass is 10.2. The topological polar surface area (TPSA) is 57.2 Å². The van der Waals surface area contributed by atoms with Crippen molar-refractivity contribution in [3.05, 3.63) is 23.2 Å². The third-order valence-corrected chi connectivity index (χ3v) is 3.73. The minimum absolute atomic E-state index is 0.358. The van der Waals surface area contributed by atoms with Gasteiger partial charge in [-0.15, -0.1) is 0 Å². The first-order valence-corrected chi connectivity index (χ1v) is 7.57. The lowest BCUT2D eigenvalue weighted by Crippen LogP contribution is -2.36. The van der Waals surface area contributed by atoms with E-state index in [9.17, 15) is 4.79 Å². The Morgan fingerprint density at radius 2 is 1.91 bits per heavy atom. The second-order valence-corrected chi connectivity index (χ2v) is 5.36. The Balaban J connectivity index is 3.05. The van der Waals surface area contributed by atoms with Crippen molar-refractivity contribution < 1.29 is 23.7 Å². The second kappa shape index (κ2) is 9.67. The van der Waals surface area contributed by atoms with Crippen LogP contribution in [-0.4, -0.2) is 45.8 Å². The zero-order valence-electron chi connectivity index (χ0n) is 13.5. The Kier molecular flexibility index (Phi) is 8.25. The molecule has 0 heterocycles. The quantitative estimate of drug-likeness (QED) is 0.546. The molecule has 1 amide bonds. The van der Waals surface area contributed by atoms with Gasteiger partial charge in [0.1, 0.15) is 5.75 Å². The first-order chi connectivity index (χ1) is 11.0. The highest BCUT2D eigenvalue weighted by Gasteiger charge is 2.25. The van der Waals surface area contributed by atoms with E-state index in [1.165, 1.54) is 33.3 Å². The number of rotatable bonds is 7. The molecule has 0 N–H and O–H groups in total. The van der Waals surface area contributed by atoms with E-state index in [-0.39, 0.29) is 0 Å². The largest absolute Gasteiger partial charge is 0.494 e. The van der Waals surface area contributed by atoms with Crippen LogP contribution in [0.1, 0.15) is 12.8 Å². The number of carbonyl (C=O) groups excluding carboxylic acids is 1. The molecule has 128 valence electrons. The number of carbonyl (C=O) groups is 1. The van der Waals surface area contributed by atoms with Crippen LogP contribution in [0.3, 0.4) is 0 Å². The predicted molar refractivity (Wildman–Crippen MR) is 92.5 cm³/mol. The molecule has 6 nitrogen and oxygen atoms in total. The van der Waals surface area contributed by atoms with Gasteiger partial charge in [0.15, 0.2) is 6.29 Å². The fourth-order valence-corrected chi connectivity index (χ4v) is 2.40. The second-order valence-electron chi connectivity index (χ2n) is 4.45. The van der Waals surface area contributed by atoms with E-state index < -0.39 is 12.4 Å². The van der Waals surface area contributed by atoms with Gasteiger partial charge in [-0.2, -0.15) is 0 Å². The van der Waals surface area contributed by atoms with E-state index in [1.54, 1.807) is 18.2 Å². The summed E-state index contributed by atoms with van der Waals surface area (Å²) in [5.74, 6) is 0.417. The van der Waals surface area contributed by atoms with Gasteiger partial charge in [0, 0.05) is 38.2 Å². The monoisotopic (exact) mass is 361 g/mol. The highest BCUT2D eigenvalue weighted by Crippen LogP contribution is 2.32. The van der Waals surface area contributed by atoms with Crippen molar-refractivity contribution in [1.29, 1.82) is 0 Å². The number of anilines is 1. The maximum atomic E-state index is 12.2. The molecule has 0 aliphatic heterocycles. The fraction of sp³-hybridized carbons (Fsp3) is 0.467. The third kappa shape index (κ3) is 5.31. The zero-order chi connectivity index (χ0) is 17.4. The average molecular weight is 362 g/mol. The normalized spacial score (nSPS) is 10.5. The predicted octanol–water partition coefficient (Wildman–Crippen LogP) is 3.65. The lowest BCUT2D eigenvalue weighted by Gasteiger charge is -2.24. The molecule has 0 unspecified atom stereocenters. The Bertz CT molecular complexity index is 551. The Morgan fingerprint density at radius 3 is 2.43 bits per heavy atom. The summed E-state index contributed by atoms with van der Waals surface area (Å²) in [5.41, 5.74) is 0.458. The molecule has 0 saturated heterocycles. The number of halogens is 1. The van der Waals surface area contributed by atoms with Crippen LogP contribution in [0.5, 0.6) is 5.75 Å². The molecule has 0 atom stereocenters.